The Morgan fingerprint density at radius 3 is 2.80 bits per heavy atom. The van der Waals surface area contributed by atoms with E-state index in [1.165, 1.54) is 0 Å². The van der Waals surface area contributed by atoms with Crippen LogP contribution in [0.5, 0.6) is 0 Å². The molecule has 2 rings (SSSR count). The summed E-state index contributed by atoms with van der Waals surface area (Å²) < 4.78 is 0.974. The lowest BCUT2D eigenvalue weighted by Crippen LogP contribution is -2.12. The summed E-state index contributed by atoms with van der Waals surface area (Å²) in [7, 11) is 0. The average Bonchev–Trinajstić information content (AvgIpc) is 2.80. The first-order chi connectivity index (χ1) is 7.36. The van der Waals surface area contributed by atoms with Gasteiger partial charge in [0.25, 0.3) is 0 Å². The van der Waals surface area contributed by atoms with Gasteiger partial charge in [0, 0.05) is 11.8 Å². The fraction of sp³-hybridized carbons (Fsp3) is 0.200. The first-order valence-electron chi connectivity index (χ1n) is 4.56. The topological polar surface area (TPSA) is 51.8 Å². The minimum absolute atomic E-state index is 0.0556. The Balaban J connectivity index is 1.90. The first kappa shape index (κ1) is 10.6. The molecule has 3 nitrogen and oxygen atoms in total. The third-order valence-corrected chi connectivity index (χ3v) is 3.93. The molecule has 0 aliphatic carbocycles. The highest BCUT2D eigenvalue weighted by Gasteiger charge is 2.07. The molecule has 15 heavy (non-hydrogen) atoms. The van der Waals surface area contributed by atoms with Crippen LogP contribution in [0.3, 0.4) is 0 Å². The number of nitrogens with two attached hydrogens (primary N) is 1. The highest BCUT2D eigenvalue weighted by atomic mass is 32.2. The van der Waals surface area contributed by atoms with E-state index in [4.69, 9.17) is 5.73 Å². The monoisotopic (exact) mass is 237 g/mol. The fourth-order valence-corrected chi connectivity index (χ4v) is 2.69. The highest BCUT2D eigenvalue weighted by Crippen LogP contribution is 2.23. The molecule has 2 N–H and O–H groups in total. The Morgan fingerprint density at radius 1 is 1.33 bits per heavy atom. The first-order valence-corrected chi connectivity index (χ1v) is 6.42. The maximum atomic E-state index is 6.05. The van der Waals surface area contributed by atoms with E-state index < -0.39 is 0 Å². The summed E-state index contributed by atoms with van der Waals surface area (Å²) in [5.41, 5.74) is 8.94. The second kappa shape index (κ2) is 5.25. The normalized spacial score (nSPS) is 12.6. The SMILES string of the molecule is NC(CSc1nncs1)c1ccccc1. The zero-order chi connectivity index (χ0) is 10.5. The Hall–Kier alpha value is -0.910. The van der Waals surface area contributed by atoms with Gasteiger partial charge < -0.3 is 5.73 Å². The summed E-state index contributed by atoms with van der Waals surface area (Å²) >= 11 is 3.20. The fourth-order valence-electron chi connectivity index (χ4n) is 1.18. The van der Waals surface area contributed by atoms with Crippen molar-refractivity contribution in [3.8, 4) is 0 Å². The van der Waals surface area contributed by atoms with E-state index in [1.807, 2.05) is 30.3 Å². The Morgan fingerprint density at radius 2 is 2.13 bits per heavy atom. The molecule has 1 aromatic carbocycles. The summed E-state index contributed by atoms with van der Waals surface area (Å²) in [6.07, 6.45) is 0. The number of hydrogen-bond donors (Lipinski definition) is 1. The van der Waals surface area contributed by atoms with Crippen LogP contribution in [0, 0.1) is 0 Å². The molecule has 0 saturated carbocycles. The Kier molecular flexibility index (Phi) is 3.71. The van der Waals surface area contributed by atoms with Gasteiger partial charge in [-0.05, 0) is 5.56 Å². The van der Waals surface area contributed by atoms with Crippen LogP contribution in [0.15, 0.2) is 40.2 Å². The molecule has 0 radical (unpaired) electrons. The summed E-state index contributed by atoms with van der Waals surface area (Å²) in [6, 6.07) is 10.2. The van der Waals surface area contributed by atoms with Gasteiger partial charge in [-0.3, -0.25) is 0 Å². The molecule has 0 bridgehead atoms. The smallest absolute Gasteiger partial charge is 0.174 e. The van der Waals surface area contributed by atoms with Crippen molar-refractivity contribution < 1.29 is 0 Å². The van der Waals surface area contributed by atoms with Crippen molar-refractivity contribution in [2.45, 2.75) is 10.4 Å². The van der Waals surface area contributed by atoms with Gasteiger partial charge in [-0.1, -0.05) is 53.4 Å². The lowest BCUT2D eigenvalue weighted by atomic mass is 10.1. The summed E-state index contributed by atoms with van der Waals surface area (Å²) in [5, 5.41) is 7.74. The predicted octanol–water partition coefficient (Wildman–Crippen LogP) is 2.33. The second-order valence-corrected chi connectivity index (χ2v) is 5.13. The van der Waals surface area contributed by atoms with E-state index in [1.54, 1.807) is 28.6 Å². The lowest BCUT2D eigenvalue weighted by molar-refractivity contribution is 0.830. The molecule has 0 aliphatic heterocycles. The van der Waals surface area contributed by atoms with Crippen LogP contribution in [0.2, 0.25) is 0 Å². The van der Waals surface area contributed by atoms with Crippen molar-refractivity contribution in [3.63, 3.8) is 0 Å². The lowest BCUT2D eigenvalue weighted by Gasteiger charge is -2.09. The molecule has 0 saturated heterocycles. The van der Waals surface area contributed by atoms with Gasteiger partial charge in [-0.25, -0.2) is 0 Å². The van der Waals surface area contributed by atoms with Crippen LogP contribution >= 0.6 is 23.1 Å². The van der Waals surface area contributed by atoms with Crippen LogP contribution in [0.25, 0.3) is 0 Å². The molecule has 1 atom stereocenters. The zero-order valence-electron chi connectivity index (χ0n) is 8.04. The van der Waals surface area contributed by atoms with Gasteiger partial charge >= 0.3 is 0 Å². The standard InChI is InChI=1S/C10H11N3S2/c11-9(8-4-2-1-3-5-8)6-14-10-13-12-7-15-10/h1-5,7,9H,6,11H2. The van der Waals surface area contributed by atoms with Crippen molar-refractivity contribution in [1.29, 1.82) is 0 Å². The number of thioether (sulfide) groups is 1. The molecule has 5 heteroatoms. The van der Waals surface area contributed by atoms with Crippen LogP contribution < -0.4 is 5.73 Å². The van der Waals surface area contributed by atoms with Gasteiger partial charge in [0.1, 0.15) is 5.51 Å². The van der Waals surface area contributed by atoms with E-state index in [2.05, 4.69) is 10.2 Å². The summed E-state index contributed by atoms with van der Waals surface area (Å²) in [4.78, 5) is 0. The quantitative estimate of drug-likeness (QED) is 0.829. The van der Waals surface area contributed by atoms with E-state index in [9.17, 15) is 0 Å². The third-order valence-electron chi connectivity index (χ3n) is 1.95. The maximum absolute atomic E-state index is 6.05. The molecule has 0 spiro atoms. The van der Waals surface area contributed by atoms with Crippen molar-refractivity contribution in [2.75, 3.05) is 5.75 Å². The third kappa shape index (κ3) is 3.02. The molecule has 0 fully saturated rings. The van der Waals surface area contributed by atoms with E-state index in [0.717, 1.165) is 15.7 Å². The van der Waals surface area contributed by atoms with Crippen LogP contribution in [0.4, 0.5) is 0 Å². The van der Waals surface area contributed by atoms with E-state index >= 15 is 0 Å². The maximum Gasteiger partial charge on any atom is 0.174 e. The molecule has 0 aliphatic rings. The van der Waals surface area contributed by atoms with Crippen LogP contribution in [0.1, 0.15) is 11.6 Å². The van der Waals surface area contributed by atoms with Crippen molar-refractivity contribution in [2.24, 2.45) is 5.73 Å². The minimum atomic E-state index is 0.0556. The average molecular weight is 237 g/mol. The van der Waals surface area contributed by atoms with Crippen LogP contribution in [-0.4, -0.2) is 16.0 Å². The number of benzene rings is 1. The Bertz CT molecular complexity index is 388. The second-order valence-electron chi connectivity index (χ2n) is 3.03. The molecule has 2 aromatic rings. The zero-order valence-corrected chi connectivity index (χ0v) is 9.67. The number of aromatic nitrogens is 2. The molecular formula is C10H11N3S2. The Labute approximate surface area is 96.7 Å². The van der Waals surface area contributed by atoms with E-state index in [-0.39, 0.29) is 6.04 Å². The van der Waals surface area contributed by atoms with Gasteiger partial charge in [0.2, 0.25) is 0 Å². The predicted molar refractivity (Wildman–Crippen MR) is 64.0 cm³/mol. The largest absolute Gasteiger partial charge is 0.323 e. The number of hydrogen-bond acceptors (Lipinski definition) is 5. The molecular weight excluding hydrogens is 226 g/mol. The number of rotatable bonds is 4. The van der Waals surface area contributed by atoms with Gasteiger partial charge in [0.15, 0.2) is 4.34 Å². The molecule has 0 amide bonds. The van der Waals surface area contributed by atoms with Crippen molar-refractivity contribution >= 4 is 23.1 Å². The molecule has 1 unspecified atom stereocenters. The van der Waals surface area contributed by atoms with Crippen LogP contribution in [-0.2, 0) is 0 Å². The molecule has 1 heterocycles. The molecule has 1 aromatic heterocycles. The van der Waals surface area contributed by atoms with Gasteiger partial charge in [0.05, 0.1) is 0 Å². The van der Waals surface area contributed by atoms with Gasteiger partial charge in [-0.15, -0.1) is 10.2 Å². The number of nitrogens with zero attached hydrogens (tertiary/aromatic N) is 2. The highest BCUT2D eigenvalue weighted by molar-refractivity contribution is 8.01. The summed E-state index contributed by atoms with van der Waals surface area (Å²) in [5.74, 6) is 0.833. The minimum Gasteiger partial charge on any atom is -0.323 e. The van der Waals surface area contributed by atoms with Gasteiger partial charge in [-0.2, -0.15) is 0 Å². The van der Waals surface area contributed by atoms with E-state index in [0.29, 0.717) is 0 Å². The molecule has 78 valence electrons. The van der Waals surface area contributed by atoms with Crippen molar-refractivity contribution in [3.05, 3.63) is 41.4 Å². The summed E-state index contributed by atoms with van der Waals surface area (Å²) in [6.45, 7) is 0. The van der Waals surface area contributed by atoms with Crippen molar-refractivity contribution in [1.82, 2.24) is 10.2 Å².